The molecule has 0 bridgehead atoms. The molecular formula is C17H18N2O8S. The molecule has 1 aromatic carbocycles. The van der Waals surface area contributed by atoms with Crippen molar-refractivity contribution in [3.63, 3.8) is 0 Å². The average molecular weight is 410 g/mol. The number of anilines is 1. The Morgan fingerprint density at radius 1 is 1.18 bits per heavy atom. The third-order valence-electron chi connectivity index (χ3n) is 4.52. The zero-order valence-corrected chi connectivity index (χ0v) is 15.2. The maximum Gasteiger partial charge on any atom is 0.275 e. The van der Waals surface area contributed by atoms with Crippen molar-refractivity contribution >= 4 is 22.9 Å². The van der Waals surface area contributed by atoms with Crippen LogP contribution in [0.4, 0.5) is 5.69 Å². The van der Waals surface area contributed by atoms with Crippen LogP contribution in [0.3, 0.4) is 0 Å². The Kier molecular flexibility index (Phi) is 5.19. The number of fused-ring (bicyclic) bond motifs is 1. The zero-order valence-electron chi connectivity index (χ0n) is 14.4. The summed E-state index contributed by atoms with van der Waals surface area (Å²) >= 11 is 1.06. The van der Waals surface area contributed by atoms with Crippen molar-refractivity contribution in [2.75, 3.05) is 18.7 Å². The van der Waals surface area contributed by atoms with Gasteiger partial charge in [0.15, 0.2) is 11.5 Å². The second-order valence-corrected chi connectivity index (χ2v) is 7.23. The van der Waals surface area contributed by atoms with Crippen LogP contribution >= 0.6 is 11.3 Å². The van der Waals surface area contributed by atoms with Crippen LogP contribution in [0.5, 0.6) is 11.5 Å². The van der Waals surface area contributed by atoms with Gasteiger partial charge < -0.3 is 40.0 Å². The Morgan fingerprint density at radius 2 is 1.96 bits per heavy atom. The Balaban J connectivity index is 1.48. The second kappa shape index (κ2) is 7.62. The molecule has 2 aliphatic rings. The van der Waals surface area contributed by atoms with Gasteiger partial charge in [-0.25, -0.2) is 4.98 Å². The third-order valence-corrected chi connectivity index (χ3v) is 5.43. The van der Waals surface area contributed by atoms with Gasteiger partial charge in [0.1, 0.15) is 41.2 Å². The van der Waals surface area contributed by atoms with Crippen molar-refractivity contribution in [3.05, 3.63) is 34.3 Å². The first kappa shape index (κ1) is 19.1. The van der Waals surface area contributed by atoms with Gasteiger partial charge in [0.05, 0.1) is 6.61 Å². The van der Waals surface area contributed by atoms with Gasteiger partial charge in [0.25, 0.3) is 5.91 Å². The molecule has 0 aliphatic carbocycles. The van der Waals surface area contributed by atoms with Crippen LogP contribution in [0.2, 0.25) is 0 Å². The molecule has 1 amide bonds. The maximum absolute atomic E-state index is 12.5. The van der Waals surface area contributed by atoms with E-state index in [0.717, 1.165) is 11.3 Å². The summed E-state index contributed by atoms with van der Waals surface area (Å²) < 4.78 is 15.9. The molecule has 150 valence electrons. The highest BCUT2D eigenvalue weighted by atomic mass is 32.1. The first-order chi connectivity index (χ1) is 13.5. The van der Waals surface area contributed by atoms with Gasteiger partial charge in [-0.3, -0.25) is 4.79 Å². The van der Waals surface area contributed by atoms with Crippen LogP contribution in [-0.4, -0.2) is 69.1 Å². The molecule has 5 atom stereocenters. The van der Waals surface area contributed by atoms with Gasteiger partial charge in [-0.2, -0.15) is 0 Å². The quantitative estimate of drug-likeness (QED) is 0.455. The summed E-state index contributed by atoms with van der Waals surface area (Å²) in [6.07, 6.45) is -6.53. The van der Waals surface area contributed by atoms with Gasteiger partial charge in [0, 0.05) is 17.1 Å². The summed E-state index contributed by atoms with van der Waals surface area (Å²) in [6.45, 7) is -0.411. The van der Waals surface area contributed by atoms with E-state index < -0.39 is 43.0 Å². The highest BCUT2D eigenvalue weighted by Crippen LogP contribution is 2.35. The Hall–Kier alpha value is -2.28. The number of carbonyl (C=O) groups excluding carboxylic acids is 1. The molecular weight excluding hydrogens is 392 g/mol. The number of hydrogen-bond donors (Lipinski definition) is 5. The van der Waals surface area contributed by atoms with E-state index in [4.69, 9.17) is 14.2 Å². The van der Waals surface area contributed by atoms with Gasteiger partial charge in [0.2, 0.25) is 6.79 Å². The summed E-state index contributed by atoms with van der Waals surface area (Å²) in [6, 6.07) is 4.97. The minimum atomic E-state index is -1.51. The highest BCUT2D eigenvalue weighted by Gasteiger charge is 2.45. The first-order valence-electron chi connectivity index (χ1n) is 8.45. The number of hydrogen-bond acceptors (Lipinski definition) is 10. The molecule has 0 saturated carbocycles. The van der Waals surface area contributed by atoms with E-state index in [2.05, 4.69) is 10.3 Å². The topological polar surface area (TPSA) is 151 Å². The number of aromatic nitrogens is 1. The molecule has 1 saturated heterocycles. The van der Waals surface area contributed by atoms with Crippen molar-refractivity contribution in [2.24, 2.45) is 0 Å². The molecule has 10 nitrogen and oxygen atoms in total. The van der Waals surface area contributed by atoms with Crippen LogP contribution in [-0.2, 0) is 4.74 Å². The predicted octanol–water partition coefficient (Wildman–Crippen LogP) is -0.361. The van der Waals surface area contributed by atoms with Crippen molar-refractivity contribution < 1.29 is 39.4 Å². The molecule has 5 N–H and O–H groups in total. The second-order valence-electron chi connectivity index (χ2n) is 6.34. The van der Waals surface area contributed by atoms with E-state index in [1.165, 1.54) is 5.38 Å². The summed E-state index contributed by atoms with van der Waals surface area (Å²) in [5.74, 6) is 0.639. The van der Waals surface area contributed by atoms with Gasteiger partial charge in [-0.15, -0.1) is 11.3 Å². The molecule has 2 aliphatic heterocycles. The molecule has 4 rings (SSSR count). The molecule has 0 unspecified atom stereocenters. The minimum Gasteiger partial charge on any atom is -0.454 e. The average Bonchev–Trinajstić information content (AvgIpc) is 3.35. The largest absolute Gasteiger partial charge is 0.454 e. The lowest BCUT2D eigenvalue weighted by Gasteiger charge is -2.39. The van der Waals surface area contributed by atoms with Crippen LogP contribution in [0.25, 0.3) is 0 Å². The van der Waals surface area contributed by atoms with Crippen LogP contribution in [0, 0.1) is 0 Å². The molecule has 11 heteroatoms. The maximum atomic E-state index is 12.5. The molecule has 2 aromatic rings. The molecule has 3 heterocycles. The van der Waals surface area contributed by atoms with Crippen molar-refractivity contribution in [1.29, 1.82) is 0 Å². The fraction of sp³-hybridized carbons (Fsp3) is 0.412. The number of nitrogens with one attached hydrogen (secondary N) is 1. The van der Waals surface area contributed by atoms with Crippen molar-refractivity contribution in [1.82, 2.24) is 4.98 Å². The molecule has 28 heavy (non-hydrogen) atoms. The summed E-state index contributed by atoms with van der Waals surface area (Å²) in [5.41, 5.74) is 0.589. The number of benzene rings is 1. The van der Waals surface area contributed by atoms with Crippen LogP contribution in [0.1, 0.15) is 21.6 Å². The van der Waals surface area contributed by atoms with E-state index in [0.29, 0.717) is 17.2 Å². The van der Waals surface area contributed by atoms with Gasteiger partial charge in [-0.1, -0.05) is 0 Å². The SMILES string of the molecule is O=C(Nc1ccc2c(c1)OCO2)c1csc([C@@H]2O[C@H](CO)[C@H](O)[C@H](O)[C@H]2O)n1. The van der Waals surface area contributed by atoms with E-state index in [1.807, 2.05) is 0 Å². The lowest BCUT2D eigenvalue weighted by Crippen LogP contribution is -2.55. The van der Waals surface area contributed by atoms with E-state index >= 15 is 0 Å². The number of ether oxygens (including phenoxy) is 3. The molecule has 1 aromatic heterocycles. The van der Waals surface area contributed by atoms with E-state index in [-0.39, 0.29) is 17.5 Å². The molecule has 0 spiro atoms. The minimum absolute atomic E-state index is 0.0922. The number of rotatable bonds is 4. The summed E-state index contributed by atoms with van der Waals surface area (Å²) in [4.78, 5) is 16.6. The smallest absolute Gasteiger partial charge is 0.275 e. The monoisotopic (exact) mass is 410 g/mol. The third kappa shape index (κ3) is 3.43. The summed E-state index contributed by atoms with van der Waals surface area (Å²) in [5, 5.41) is 43.6. The van der Waals surface area contributed by atoms with Crippen LogP contribution in [0.15, 0.2) is 23.6 Å². The Bertz CT molecular complexity index is 873. The number of aliphatic hydroxyl groups is 4. The number of amides is 1. The number of nitrogens with zero attached hydrogens (tertiary/aromatic N) is 1. The van der Waals surface area contributed by atoms with Crippen LogP contribution < -0.4 is 14.8 Å². The van der Waals surface area contributed by atoms with Gasteiger partial charge >= 0.3 is 0 Å². The number of aliphatic hydroxyl groups excluding tert-OH is 4. The number of carbonyl (C=O) groups is 1. The zero-order chi connectivity index (χ0) is 19.8. The molecule has 1 fully saturated rings. The first-order valence-corrected chi connectivity index (χ1v) is 9.33. The fourth-order valence-electron chi connectivity index (χ4n) is 3.00. The van der Waals surface area contributed by atoms with E-state index in [1.54, 1.807) is 18.2 Å². The Labute approximate surface area is 162 Å². The van der Waals surface area contributed by atoms with E-state index in [9.17, 15) is 25.2 Å². The highest BCUT2D eigenvalue weighted by molar-refractivity contribution is 7.09. The lowest BCUT2D eigenvalue weighted by atomic mass is 9.95. The summed E-state index contributed by atoms with van der Waals surface area (Å²) in [7, 11) is 0. The van der Waals surface area contributed by atoms with Gasteiger partial charge in [-0.05, 0) is 12.1 Å². The van der Waals surface area contributed by atoms with Crippen molar-refractivity contribution in [2.45, 2.75) is 30.5 Å². The normalized spacial score (nSPS) is 28.9. The standard InChI is InChI=1S/C17H18N2O8S/c20-4-11-12(21)13(22)14(23)15(27-11)17-19-8(5-28-17)16(24)18-7-1-2-9-10(3-7)26-6-25-9/h1-3,5,11-15,20-23H,4,6H2,(H,18,24)/t11-,12+,13+,14-,15-/m1/s1. The number of thiazole rings is 1. The fourth-order valence-corrected chi connectivity index (χ4v) is 3.87. The molecule has 0 radical (unpaired) electrons. The predicted molar refractivity (Wildman–Crippen MR) is 95.4 cm³/mol. The Morgan fingerprint density at radius 3 is 2.75 bits per heavy atom. The van der Waals surface area contributed by atoms with Crippen molar-refractivity contribution in [3.8, 4) is 11.5 Å². The lowest BCUT2D eigenvalue weighted by molar-refractivity contribution is -0.231.